The predicted octanol–water partition coefficient (Wildman–Crippen LogP) is 2.37. The molecule has 3 atom stereocenters. The van der Waals surface area contributed by atoms with Crippen LogP contribution in [0.2, 0.25) is 0 Å². The zero-order chi connectivity index (χ0) is 13.5. The first-order valence-electron chi connectivity index (χ1n) is 7.58. The van der Waals surface area contributed by atoms with Crippen LogP contribution in [0.25, 0.3) is 0 Å². The van der Waals surface area contributed by atoms with E-state index in [2.05, 4.69) is 45.0 Å². The van der Waals surface area contributed by atoms with E-state index in [1.807, 2.05) is 0 Å². The number of ether oxygens (including phenoxy) is 1. The fraction of sp³-hybridized carbons (Fsp3) is 1.00. The molecule has 0 aromatic rings. The highest BCUT2D eigenvalue weighted by molar-refractivity contribution is 4.83. The second-order valence-corrected chi connectivity index (χ2v) is 6.17. The van der Waals surface area contributed by atoms with Gasteiger partial charge in [-0.1, -0.05) is 27.7 Å². The highest BCUT2D eigenvalue weighted by Crippen LogP contribution is 2.20. The van der Waals surface area contributed by atoms with Gasteiger partial charge in [-0.05, 0) is 38.3 Å². The Balaban J connectivity index is 2.44. The van der Waals surface area contributed by atoms with E-state index in [0.29, 0.717) is 12.1 Å². The molecule has 0 aromatic heterocycles. The topological polar surface area (TPSA) is 24.5 Å². The van der Waals surface area contributed by atoms with Crippen LogP contribution in [-0.4, -0.2) is 50.3 Å². The SMILES string of the molecule is CCN1CCOC(C(CC(C)CC(C)C)NC)C1. The summed E-state index contributed by atoms with van der Waals surface area (Å²) in [6.07, 6.45) is 2.89. The van der Waals surface area contributed by atoms with Crippen molar-refractivity contribution < 1.29 is 4.74 Å². The molecule has 0 saturated carbocycles. The summed E-state index contributed by atoms with van der Waals surface area (Å²) < 4.78 is 5.96. The first kappa shape index (κ1) is 15.9. The lowest BCUT2D eigenvalue weighted by molar-refractivity contribution is -0.0473. The molecule has 1 saturated heterocycles. The standard InChI is InChI=1S/C15H32N2O/c1-6-17-7-8-18-15(11-17)14(16-5)10-13(4)9-12(2)3/h12-16H,6-11H2,1-5H3. The van der Waals surface area contributed by atoms with Crippen LogP contribution in [-0.2, 0) is 4.74 Å². The molecule has 0 aliphatic carbocycles. The Morgan fingerprint density at radius 3 is 2.56 bits per heavy atom. The molecule has 1 N–H and O–H groups in total. The highest BCUT2D eigenvalue weighted by atomic mass is 16.5. The zero-order valence-corrected chi connectivity index (χ0v) is 12.9. The largest absolute Gasteiger partial charge is 0.374 e. The van der Waals surface area contributed by atoms with Crippen molar-refractivity contribution in [2.24, 2.45) is 11.8 Å². The fourth-order valence-corrected chi connectivity index (χ4v) is 3.05. The van der Waals surface area contributed by atoms with Crippen LogP contribution in [0.3, 0.4) is 0 Å². The summed E-state index contributed by atoms with van der Waals surface area (Å²) in [5.74, 6) is 1.56. The van der Waals surface area contributed by atoms with E-state index in [-0.39, 0.29) is 0 Å². The minimum atomic E-state index is 0.360. The Labute approximate surface area is 113 Å². The second-order valence-electron chi connectivity index (χ2n) is 6.17. The Morgan fingerprint density at radius 1 is 1.28 bits per heavy atom. The van der Waals surface area contributed by atoms with Gasteiger partial charge in [0.1, 0.15) is 0 Å². The van der Waals surface area contributed by atoms with Crippen molar-refractivity contribution in [1.29, 1.82) is 0 Å². The van der Waals surface area contributed by atoms with E-state index in [4.69, 9.17) is 4.74 Å². The Hall–Kier alpha value is -0.120. The van der Waals surface area contributed by atoms with Gasteiger partial charge in [-0.15, -0.1) is 0 Å². The zero-order valence-electron chi connectivity index (χ0n) is 12.9. The van der Waals surface area contributed by atoms with Gasteiger partial charge in [0.2, 0.25) is 0 Å². The number of rotatable bonds is 7. The van der Waals surface area contributed by atoms with E-state index in [0.717, 1.165) is 38.1 Å². The van der Waals surface area contributed by atoms with E-state index < -0.39 is 0 Å². The normalized spacial score (nSPS) is 25.3. The number of morpholine rings is 1. The number of nitrogens with one attached hydrogen (secondary N) is 1. The Morgan fingerprint density at radius 2 is 2.00 bits per heavy atom. The fourth-order valence-electron chi connectivity index (χ4n) is 3.05. The molecule has 108 valence electrons. The Kier molecular flexibility index (Phi) is 7.20. The van der Waals surface area contributed by atoms with Gasteiger partial charge >= 0.3 is 0 Å². The molecular formula is C15H32N2O. The van der Waals surface area contributed by atoms with Crippen molar-refractivity contribution in [2.45, 2.75) is 52.7 Å². The third-order valence-corrected chi connectivity index (χ3v) is 3.97. The summed E-state index contributed by atoms with van der Waals surface area (Å²) >= 11 is 0. The van der Waals surface area contributed by atoms with Crippen molar-refractivity contribution in [3.63, 3.8) is 0 Å². The molecule has 3 nitrogen and oxygen atoms in total. The van der Waals surface area contributed by atoms with Crippen molar-refractivity contribution in [1.82, 2.24) is 10.2 Å². The van der Waals surface area contributed by atoms with E-state index >= 15 is 0 Å². The first-order chi connectivity index (χ1) is 8.56. The Bertz CT molecular complexity index is 221. The lowest BCUT2D eigenvalue weighted by atomic mass is 9.90. The molecular weight excluding hydrogens is 224 g/mol. The van der Waals surface area contributed by atoms with Gasteiger partial charge in [0, 0.05) is 19.1 Å². The van der Waals surface area contributed by atoms with E-state index in [9.17, 15) is 0 Å². The van der Waals surface area contributed by atoms with Crippen molar-refractivity contribution >= 4 is 0 Å². The summed E-state index contributed by atoms with van der Waals surface area (Å²) in [5, 5.41) is 3.47. The molecule has 0 radical (unpaired) electrons. The summed E-state index contributed by atoms with van der Waals surface area (Å²) in [7, 11) is 2.07. The van der Waals surface area contributed by atoms with E-state index in [1.165, 1.54) is 12.8 Å². The van der Waals surface area contributed by atoms with Crippen molar-refractivity contribution in [3.8, 4) is 0 Å². The number of nitrogens with zero attached hydrogens (tertiary/aromatic N) is 1. The highest BCUT2D eigenvalue weighted by Gasteiger charge is 2.27. The van der Waals surface area contributed by atoms with Gasteiger partial charge in [0.15, 0.2) is 0 Å². The van der Waals surface area contributed by atoms with Crippen molar-refractivity contribution in [2.75, 3.05) is 33.3 Å². The van der Waals surface area contributed by atoms with Gasteiger partial charge in [-0.3, -0.25) is 4.90 Å². The molecule has 3 unspecified atom stereocenters. The lowest BCUT2D eigenvalue weighted by Crippen LogP contribution is -2.51. The average Bonchev–Trinajstić information content (AvgIpc) is 2.35. The molecule has 0 amide bonds. The molecule has 18 heavy (non-hydrogen) atoms. The maximum Gasteiger partial charge on any atom is 0.0855 e. The molecule has 1 aliphatic heterocycles. The predicted molar refractivity (Wildman–Crippen MR) is 77.9 cm³/mol. The summed E-state index contributed by atoms with van der Waals surface area (Å²) in [4.78, 5) is 2.49. The lowest BCUT2D eigenvalue weighted by Gasteiger charge is -2.37. The molecule has 1 rings (SSSR count). The van der Waals surface area contributed by atoms with Crippen LogP contribution in [0.1, 0.15) is 40.5 Å². The molecule has 1 heterocycles. The van der Waals surface area contributed by atoms with Crippen LogP contribution >= 0.6 is 0 Å². The van der Waals surface area contributed by atoms with Crippen LogP contribution in [0.4, 0.5) is 0 Å². The quantitative estimate of drug-likeness (QED) is 0.757. The third kappa shape index (κ3) is 5.25. The van der Waals surface area contributed by atoms with Gasteiger partial charge in [0.25, 0.3) is 0 Å². The summed E-state index contributed by atoms with van der Waals surface area (Å²) in [6.45, 7) is 13.4. The number of hydrogen-bond acceptors (Lipinski definition) is 3. The van der Waals surface area contributed by atoms with Gasteiger partial charge < -0.3 is 10.1 Å². The smallest absolute Gasteiger partial charge is 0.0855 e. The molecule has 0 spiro atoms. The molecule has 1 aliphatic rings. The molecule has 0 aromatic carbocycles. The number of hydrogen-bond donors (Lipinski definition) is 1. The van der Waals surface area contributed by atoms with Gasteiger partial charge in [-0.25, -0.2) is 0 Å². The minimum Gasteiger partial charge on any atom is -0.374 e. The summed E-state index contributed by atoms with van der Waals surface area (Å²) in [5.41, 5.74) is 0. The van der Waals surface area contributed by atoms with Crippen molar-refractivity contribution in [3.05, 3.63) is 0 Å². The van der Waals surface area contributed by atoms with Crippen LogP contribution in [0.5, 0.6) is 0 Å². The number of likely N-dealkylation sites (N-methyl/N-ethyl adjacent to an activating group) is 2. The van der Waals surface area contributed by atoms with Crippen LogP contribution in [0, 0.1) is 11.8 Å². The second kappa shape index (κ2) is 8.13. The van der Waals surface area contributed by atoms with E-state index in [1.54, 1.807) is 0 Å². The summed E-state index contributed by atoms with van der Waals surface area (Å²) in [6, 6.07) is 0.494. The van der Waals surface area contributed by atoms with Gasteiger partial charge in [0.05, 0.1) is 12.7 Å². The minimum absolute atomic E-state index is 0.360. The average molecular weight is 256 g/mol. The van der Waals surface area contributed by atoms with Crippen LogP contribution in [0.15, 0.2) is 0 Å². The first-order valence-corrected chi connectivity index (χ1v) is 7.58. The monoisotopic (exact) mass is 256 g/mol. The third-order valence-electron chi connectivity index (χ3n) is 3.97. The molecule has 3 heteroatoms. The van der Waals surface area contributed by atoms with Crippen LogP contribution < -0.4 is 5.32 Å². The van der Waals surface area contributed by atoms with Gasteiger partial charge in [-0.2, -0.15) is 0 Å². The maximum atomic E-state index is 5.96. The maximum absolute atomic E-state index is 5.96. The molecule has 1 fully saturated rings. The molecule has 0 bridgehead atoms.